The number of para-hydroxylation sites is 1. The van der Waals surface area contributed by atoms with Crippen LogP contribution in [-0.4, -0.2) is 16.8 Å². The molecule has 0 saturated heterocycles. The molecule has 1 aliphatic rings. The highest BCUT2D eigenvalue weighted by molar-refractivity contribution is 7.17. The Kier molecular flexibility index (Phi) is 5.53. The first kappa shape index (κ1) is 20.8. The molecule has 3 aromatic heterocycles. The summed E-state index contributed by atoms with van der Waals surface area (Å²) in [5, 5.41) is 6.34. The van der Waals surface area contributed by atoms with Gasteiger partial charge in [0, 0.05) is 10.3 Å². The van der Waals surface area contributed by atoms with Crippen LogP contribution in [0, 0.1) is 5.92 Å². The molecule has 3 heterocycles. The molecule has 2 amide bonds. The van der Waals surface area contributed by atoms with E-state index in [9.17, 15) is 9.59 Å². The summed E-state index contributed by atoms with van der Waals surface area (Å²) < 4.78 is 0. The molecule has 1 aromatic carbocycles. The van der Waals surface area contributed by atoms with Gasteiger partial charge in [-0.3, -0.25) is 9.59 Å². The smallest absolute Gasteiger partial charge is 0.257 e. The van der Waals surface area contributed by atoms with Gasteiger partial charge in [0.1, 0.15) is 5.00 Å². The summed E-state index contributed by atoms with van der Waals surface area (Å²) in [5.41, 5.74) is 9.30. The number of fused-ring (bicyclic) bond motifs is 2. The lowest BCUT2D eigenvalue weighted by atomic mass is 9.85. The van der Waals surface area contributed by atoms with Gasteiger partial charge in [0.05, 0.1) is 27.2 Å². The van der Waals surface area contributed by atoms with E-state index in [1.165, 1.54) is 16.2 Å². The molecule has 0 saturated carbocycles. The van der Waals surface area contributed by atoms with Crippen molar-refractivity contribution < 1.29 is 9.59 Å². The minimum absolute atomic E-state index is 0.255. The molecule has 5 nitrogen and oxygen atoms in total. The summed E-state index contributed by atoms with van der Waals surface area (Å²) in [6.45, 7) is 2.20. The van der Waals surface area contributed by atoms with Crippen molar-refractivity contribution in [3.05, 3.63) is 69.4 Å². The fraction of sp³-hybridized carbons (Fsp3) is 0.240. The van der Waals surface area contributed by atoms with Crippen LogP contribution in [0.2, 0.25) is 0 Å². The summed E-state index contributed by atoms with van der Waals surface area (Å²) in [5.74, 6) is -0.121. The van der Waals surface area contributed by atoms with Crippen LogP contribution in [-0.2, 0) is 12.8 Å². The van der Waals surface area contributed by atoms with E-state index >= 15 is 0 Å². The van der Waals surface area contributed by atoms with Crippen LogP contribution in [0.4, 0.5) is 5.00 Å². The average molecular weight is 462 g/mol. The first-order valence-electron chi connectivity index (χ1n) is 10.7. The number of nitrogens with two attached hydrogens (primary N) is 1. The number of rotatable bonds is 5. The Labute approximate surface area is 194 Å². The summed E-state index contributed by atoms with van der Waals surface area (Å²) >= 11 is 3.08. The maximum atomic E-state index is 13.5. The molecule has 5 rings (SSSR count). The van der Waals surface area contributed by atoms with Crippen molar-refractivity contribution in [1.29, 1.82) is 0 Å². The second-order valence-corrected chi connectivity index (χ2v) is 10.1. The van der Waals surface area contributed by atoms with Gasteiger partial charge in [-0.25, -0.2) is 4.98 Å². The van der Waals surface area contributed by atoms with E-state index in [-0.39, 0.29) is 5.91 Å². The summed E-state index contributed by atoms with van der Waals surface area (Å²) in [4.78, 5) is 32.7. The van der Waals surface area contributed by atoms with E-state index in [0.29, 0.717) is 22.0 Å². The molecule has 162 valence electrons. The quantitative estimate of drug-likeness (QED) is 0.388. The lowest BCUT2D eigenvalue weighted by Gasteiger charge is -2.20. The molecule has 7 heteroatoms. The molecule has 1 atom stereocenters. The number of primary amides is 1. The first-order chi connectivity index (χ1) is 15.5. The molecular weight excluding hydrogens is 438 g/mol. The minimum Gasteiger partial charge on any atom is -0.365 e. The van der Waals surface area contributed by atoms with Gasteiger partial charge >= 0.3 is 0 Å². The van der Waals surface area contributed by atoms with Crippen LogP contribution in [0.3, 0.4) is 0 Å². The minimum atomic E-state index is -0.480. The second kappa shape index (κ2) is 8.48. The summed E-state index contributed by atoms with van der Waals surface area (Å²) in [6.07, 6.45) is 3.93. The fourth-order valence-corrected chi connectivity index (χ4v) is 6.48. The van der Waals surface area contributed by atoms with Gasteiger partial charge in [-0.2, -0.15) is 0 Å². The van der Waals surface area contributed by atoms with Crippen LogP contribution in [0.1, 0.15) is 50.9 Å². The third-order valence-electron chi connectivity index (χ3n) is 6.15. The lowest BCUT2D eigenvalue weighted by Crippen LogP contribution is -2.20. The summed E-state index contributed by atoms with van der Waals surface area (Å²) in [7, 11) is 0. The number of nitrogens with zero attached hydrogens (tertiary/aromatic N) is 1. The first-order valence-corrected chi connectivity index (χ1v) is 12.4. The highest BCUT2D eigenvalue weighted by Gasteiger charge is 2.28. The van der Waals surface area contributed by atoms with Crippen molar-refractivity contribution in [2.24, 2.45) is 11.7 Å². The largest absolute Gasteiger partial charge is 0.365 e. The van der Waals surface area contributed by atoms with Crippen molar-refractivity contribution in [2.45, 2.75) is 32.6 Å². The standard InChI is InChI=1S/C25H23N3O2S2/c1-2-14-9-10-16-21(12-14)32-25(22(16)23(26)29)28-24(30)17-13-19(20-8-5-11-31-20)27-18-7-4-3-6-15(17)18/h3-8,11,13-14H,2,9-10,12H2,1H3,(H2,26,29)(H,28,30). The third-order valence-corrected chi connectivity index (χ3v) is 8.21. The molecule has 32 heavy (non-hydrogen) atoms. The fourth-order valence-electron chi connectivity index (χ4n) is 4.44. The van der Waals surface area contributed by atoms with Crippen molar-refractivity contribution in [2.75, 3.05) is 5.32 Å². The number of pyridine rings is 1. The molecule has 4 aromatic rings. The summed E-state index contributed by atoms with van der Waals surface area (Å²) in [6, 6.07) is 13.4. The molecule has 0 spiro atoms. The van der Waals surface area contributed by atoms with Crippen molar-refractivity contribution >= 4 is 50.4 Å². The van der Waals surface area contributed by atoms with E-state index < -0.39 is 5.91 Å². The zero-order valence-corrected chi connectivity index (χ0v) is 19.3. The van der Waals surface area contributed by atoms with Crippen LogP contribution in [0.25, 0.3) is 21.5 Å². The van der Waals surface area contributed by atoms with Gasteiger partial charge in [-0.1, -0.05) is 37.6 Å². The normalized spacial score (nSPS) is 15.5. The number of hydrogen-bond acceptors (Lipinski definition) is 5. The van der Waals surface area contributed by atoms with E-state index in [1.807, 2.05) is 47.8 Å². The number of hydrogen-bond donors (Lipinski definition) is 2. The van der Waals surface area contributed by atoms with Gasteiger partial charge in [0.2, 0.25) is 0 Å². The zero-order chi connectivity index (χ0) is 22.2. The average Bonchev–Trinajstić information content (AvgIpc) is 3.45. The molecule has 0 radical (unpaired) electrons. The van der Waals surface area contributed by atoms with E-state index in [2.05, 4.69) is 12.2 Å². The van der Waals surface area contributed by atoms with Gasteiger partial charge in [0.25, 0.3) is 11.8 Å². The second-order valence-electron chi connectivity index (χ2n) is 8.09. The Balaban J connectivity index is 1.56. The van der Waals surface area contributed by atoms with E-state index in [1.54, 1.807) is 11.3 Å². The predicted octanol–water partition coefficient (Wildman–Crippen LogP) is 5.89. The number of carbonyl (C=O) groups is 2. The Hall–Kier alpha value is -3.03. The third kappa shape index (κ3) is 3.72. The Morgan fingerprint density at radius 1 is 1.22 bits per heavy atom. The van der Waals surface area contributed by atoms with Crippen LogP contribution < -0.4 is 11.1 Å². The Morgan fingerprint density at radius 2 is 2.06 bits per heavy atom. The Bertz CT molecular complexity index is 1320. The van der Waals surface area contributed by atoms with Crippen LogP contribution >= 0.6 is 22.7 Å². The zero-order valence-electron chi connectivity index (χ0n) is 17.7. The van der Waals surface area contributed by atoms with Crippen molar-refractivity contribution in [3.63, 3.8) is 0 Å². The molecule has 0 bridgehead atoms. The maximum Gasteiger partial charge on any atom is 0.257 e. The number of amides is 2. The Morgan fingerprint density at radius 3 is 2.81 bits per heavy atom. The van der Waals surface area contributed by atoms with Crippen LogP contribution in [0.15, 0.2) is 47.8 Å². The van der Waals surface area contributed by atoms with Gasteiger partial charge in [-0.05, 0) is 54.3 Å². The van der Waals surface area contributed by atoms with E-state index in [0.717, 1.165) is 52.7 Å². The van der Waals surface area contributed by atoms with Crippen molar-refractivity contribution in [1.82, 2.24) is 4.98 Å². The predicted molar refractivity (Wildman–Crippen MR) is 132 cm³/mol. The lowest BCUT2D eigenvalue weighted by molar-refractivity contribution is 0.1000. The number of anilines is 1. The maximum absolute atomic E-state index is 13.5. The van der Waals surface area contributed by atoms with Crippen molar-refractivity contribution in [3.8, 4) is 10.6 Å². The van der Waals surface area contributed by atoms with E-state index in [4.69, 9.17) is 10.7 Å². The highest BCUT2D eigenvalue weighted by atomic mass is 32.1. The molecule has 0 fully saturated rings. The molecule has 1 unspecified atom stereocenters. The highest BCUT2D eigenvalue weighted by Crippen LogP contribution is 2.40. The molecule has 3 N–H and O–H groups in total. The number of nitrogens with one attached hydrogen (secondary N) is 1. The van der Waals surface area contributed by atoms with Gasteiger partial charge in [0.15, 0.2) is 0 Å². The molecule has 0 aliphatic heterocycles. The van der Waals surface area contributed by atoms with Gasteiger partial charge < -0.3 is 11.1 Å². The van der Waals surface area contributed by atoms with Crippen LogP contribution in [0.5, 0.6) is 0 Å². The molecule has 1 aliphatic carbocycles. The van der Waals surface area contributed by atoms with Gasteiger partial charge in [-0.15, -0.1) is 22.7 Å². The number of carbonyl (C=O) groups excluding carboxylic acids is 2. The number of benzene rings is 1. The number of thiophene rings is 2. The monoisotopic (exact) mass is 461 g/mol. The topological polar surface area (TPSA) is 85.1 Å². The molecular formula is C25H23N3O2S2. The number of aromatic nitrogens is 1. The SMILES string of the molecule is CCC1CCc2c(sc(NC(=O)c3cc(-c4cccs4)nc4ccccc34)c2C(N)=O)C1.